The molecule has 0 radical (unpaired) electrons. The van der Waals surface area contributed by atoms with Gasteiger partial charge >= 0.3 is 5.97 Å². The summed E-state index contributed by atoms with van der Waals surface area (Å²) in [5.74, 6) is -0.848. The van der Waals surface area contributed by atoms with Crippen LogP contribution in [0.1, 0.15) is 15.9 Å². The number of aromatic carboxylic acids is 1. The van der Waals surface area contributed by atoms with Gasteiger partial charge in [0.2, 0.25) is 0 Å². The average molecular weight is 278 g/mol. The first-order chi connectivity index (χ1) is 9.18. The van der Waals surface area contributed by atoms with E-state index in [9.17, 15) is 4.79 Å². The van der Waals surface area contributed by atoms with E-state index in [2.05, 4.69) is 4.98 Å². The number of carboxylic acids is 1. The van der Waals surface area contributed by atoms with E-state index in [4.69, 9.17) is 21.4 Å². The SMILES string of the molecule is O=C(O)c1cccc(Cl)c1OCCc1cccnc1. The van der Waals surface area contributed by atoms with Crippen LogP contribution in [0.25, 0.3) is 0 Å². The Balaban J connectivity index is 2.05. The van der Waals surface area contributed by atoms with Gasteiger partial charge in [0.1, 0.15) is 5.56 Å². The first-order valence-corrected chi connectivity index (χ1v) is 6.10. The Kier molecular flexibility index (Phi) is 4.36. The van der Waals surface area contributed by atoms with Crippen LogP contribution in [0, 0.1) is 0 Å². The Labute approximate surface area is 115 Å². The van der Waals surface area contributed by atoms with Crippen LogP contribution in [-0.2, 0) is 6.42 Å². The molecule has 0 fully saturated rings. The monoisotopic (exact) mass is 277 g/mol. The van der Waals surface area contributed by atoms with Gasteiger partial charge in [-0.05, 0) is 23.8 Å². The molecule has 4 nitrogen and oxygen atoms in total. The Morgan fingerprint density at radius 3 is 2.84 bits per heavy atom. The normalized spacial score (nSPS) is 10.2. The largest absolute Gasteiger partial charge is 0.491 e. The molecule has 0 spiro atoms. The molecule has 2 rings (SSSR count). The van der Waals surface area contributed by atoms with Crippen molar-refractivity contribution < 1.29 is 14.6 Å². The fourth-order valence-corrected chi connectivity index (χ4v) is 1.87. The van der Waals surface area contributed by atoms with Gasteiger partial charge in [-0.15, -0.1) is 0 Å². The summed E-state index contributed by atoms with van der Waals surface area (Å²) >= 11 is 5.95. The van der Waals surface area contributed by atoms with Crippen LogP contribution in [0.4, 0.5) is 0 Å². The van der Waals surface area contributed by atoms with Crippen LogP contribution >= 0.6 is 11.6 Å². The topological polar surface area (TPSA) is 59.4 Å². The summed E-state index contributed by atoms with van der Waals surface area (Å²) < 4.78 is 5.49. The summed E-state index contributed by atoms with van der Waals surface area (Å²) in [4.78, 5) is 15.1. The van der Waals surface area contributed by atoms with Gasteiger partial charge in [-0.2, -0.15) is 0 Å². The zero-order chi connectivity index (χ0) is 13.7. The molecule has 1 aromatic carbocycles. The number of hydrogen-bond donors (Lipinski definition) is 1. The molecule has 0 saturated carbocycles. The van der Waals surface area contributed by atoms with Gasteiger partial charge in [-0.1, -0.05) is 23.7 Å². The second kappa shape index (κ2) is 6.20. The van der Waals surface area contributed by atoms with Crippen molar-refractivity contribution in [2.45, 2.75) is 6.42 Å². The lowest BCUT2D eigenvalue weighted by atomic mass is 10.2. The number of hydrogen-bond acceptors (Lipinski definition) is 3. The fraction of sp³-hybridized carbons (Fsp3) is 0.143. The third-order valence-corrected chi connectivity index (χ3v) is 2.85. The summed E-state index contributed by atoms with van der Waals surface area (Å²) in [6, 6.07) is 8.43. The van der Waals surface area contributed by atoms with Crippen molar-refractivity contribution in [1.82, 2.24) is 4.98 Å². The van der Waals surface area contributed by atoms with Crippen molar-refractivity contribution in [3.05, 3.63) is 58.9 Å². The predicted molar refractivity (Wildman–Crippen MR) is 71.8 cm³/mol. The van der Waals surface area contributed by atoms with Gasteiger partial charge in [0.25, 0.3) is 0 Å². The minimum atomic E-state index is -1.06. The van der Waals surface area contributed by atoms with E-state index in [0.29, 0.717) is 18.1 Å². The Bertz CT molecular complexity index is 572. The molecule has 0 amide bonds. The van der Waals surface area contributed by atoms with Crippen molar-refractivity contribution >= 4 is 17.6 Å². The predicted octanol–water partition coefficient (Wildman–Crippen LogP) is 3.05. The maximum atomic E-state index is 11.1. The molecule has 0 unspecified atom stereocenters. The Morgan fingerprint density at radius 1 is 1.32 bits per heavy atom. The van der Waals surface area contributed by atoms with E-state index in [1.54, 1.807) is 24.5 Å². The number of nitrogens with zero attached hydrogens (tertiary/aromatic N) is 1. The van der Waals surface area contributed by atoms with Crippen LogP contribution < -0.4 is 4.74 Å². The maximum Gasteiger partial charge on any atom is 0.339 e. The van der Waals surface area contributed by atoms with E-state index in [0.717, 1.165) is 5.56 Å². The highest BCUT2D eigenvalue weighted by Crippen LogP contribution is 2.28. The molecule has 5 heteroatoms. The van der Waals surface area contributed by atoms with Gasteiger partial charge in [0, 0.05) is 18.8 Å². The number of pyridine rings is 1. The summed E-state index contributed by atoms with van der Waals surface area (Å²) in [6.45, 7) is 0.343. The van der Waals surface area contributed by atoms with E-state index < -0.39 is 5.97 Å². The molecule has 2 aromatic rings. The van der Waals surface area contributed by atoms with Crippen molar-refractivity contribution in [3.8, 4) is 5.75 Å². The number of aromatic nitrogens is 1. The summed E-state index contributed by atoms with van der Waals surface area (Å²) in [5, 5.41) is 9.36. The molecular formula is C14H12ClNO3. The Hall–Kier alpha value is -2.07. The van der Waals surface area contributed by atoms with Gasteiger partial charge < -0.3 is 9.84 Å². The van der Waals surface area contributed by atoms with Gasteiger partial charge in [0.05, 0.1) is 11.6 Å². The average Bonchev–Trinajstić information content (AvgIpc) is 2.41. The molecule has 1 N–H and O–H groups in total. The third kappa shape index (κ3) is 3.45. The molecule has 0 saturated heterocycles. The van der Waals surface area contributed by atoms with Crippen LogP contribution in [0.2, 0.25) is 5.02 Å². The lowest BCUT2D eigenvalue weighted by Crippen LogP contribution is -2.07. The molecular weight excluding hydrogens is 266 g/mol. The highest BCUT2D eigenvalue weighted by atomic mass is 35.5. The number of benzene rings is 1. The highest BCUT2D eigenvalue weighted by molar-refractivity contribution is 6.32. The minimum Gasteiger partial charge on any atom is -0.491 e. The standard InChI is InChI=1S/C14H12ClNO3/c15-12-5-1-4-11(14(17)18)13(12)19-8-6-10-3-2-7-16-9-10/h1-5,7,9H,6,8H2,(H,17,18). The maximum absolute atomic E-state index is 11.1. The molecule has 0 aliphatic rings. The van der Waals surface area contributed by atoms with Crippen LogP contribution in [-0.4, -0.2) is 22.7 Å². The molecule has 98 valence electrons. The van der Waals surface area contributed by atoms with E-state index >= 15 is 0 Å². The number of para-hydroxylation sites is 1. The van der Waals surface area contributed by atoms with Gasteiger partial charge in [0.15, 0.2) is 5.75 Å². The smallest absolute Gasteiger partial charge is 0.339 e. The van der Waals surface area contributed by atoms with Crippen LogP contribution in [0.5, 0.6) is 5.75 Å². The first-order valence-electron chi connectivity index (χ1n) is 5.72. The van der Waals surface area contributed by atoms with Gasteiger partial charge in [-0.3, -0.25) is 4.98 Å². The molecule has 1 heterocycles. The third-order valence-electron chi connectivity index (χ3n) is 2.56. The zero-order valence-electron chi connectivity index (χ0n) is 10.0. The van der Waals surface area contributed by atoms with Crippen molar-refractivity contribution in [2.24, 2.45) is 0 Å². The quantitative estimate of drug-likeness (QED) is 0.912. The van der Waals surface area contributed by atoms with E-state index in [1.807, 2.05) is 12.1 Å². The molecule has 1 aromatic heterocycles. The molecule has 0 aliphatic heterocycles. The lowest BCUT2D eigenvalue weighted by Gasteiger charge is -2.10. The van der Waals surface area contributed by atoms with Crippen LogP contribution in [0.3, 0.4) is 0 Å². The van der Waals surface area contributed by atoms with Crippen LogP contribution in [0.15, 0.2) is 42.7 Å². The Morgan fingerprint density at radius 2 is 2.16 bits per heavy atom. The number of ether oxygens (including phenoxy) is 1. The van der Waals surface area contributed by atoms with E-state index in [-0.39, 0.29) is 11.3 Å². The van der Waals surface area contributed by atoms with E-state index in [1.165, 1.54) is 6.07 Å². The van der Waals surface area contributed by atoms with Gasteiger partial charge in [-0.25, -0.2) is 4.79 Å². The first kappa shape index (κ1) is 13.4. The van der Waals surface area contributed by atoms with Crippen molar-refractivity contribution in [2.75, 3.05) is 6.61 Å². The number of halogens is 1. The number of rotatable bonds is 5. The lowest BCUT2D eigenvalue weighted by molar-refractivity contribution is 0.0692. The zero-order valence-corrected chi connectivity index (χ0v) is 10.8. The summed E-state index contributed by atoms with van der Waals surface area (Å²) in [7, 11) is 0. The van der Waals surface area contributed by atoms with Crippen molar-refractivity contribution in [1.29, 1.82) is 0 Å². The molecule has 0 atom stereocenters. The molecule has 19 heavy (non-hydrogen) atoms. The molecule has 0 bridgehead atoms. The summed E-state index contributed by atoms with van der Waals surface area (Å²) in [6.07, 6.45) is 4.08. The minimum absolute atomic E-state index is 0.0682. The van der Waals surface area contributed by atoms with Crippen molar-refractivity contribution in [3.63, 3.8) is 0 Å². The summed E-state index contributed by atoms with van der Waals surface area (Å²) in [5.41, 5.74) is 1.09. The fourth-order valence-electron chi connectivity index (χ4n) is 1.64. The molecule has 0 aliphatic carbocycles. The highest BCUT2D eigenvalue weighted by Gasteiger charge is 2.14. The number of carbonyl (C=O) groups is 1. The second-order valence-electron chi connectivity index (χ2n) is 3.88. The number of carboxylic acid groups (broad SMARTS) is 1. The second-order valence-corrected chi connectivity index (χ2v) is 4.29.